The summed E-state index contributed by atoms with van der Waals surface area (Å²) >= 11 is 0. The first-order valence-electron chi connectivity index (χ1n) is 8.21. The Morgan fingerprint density at radius 2 is 1.00 bits per heavy atom. The largest absolute Gasteiger partial charge is 0.378 e. The van der Waals surface area contributed by atoms with Crippen LogP contribution in [-0.4, -0.2) is 85.7 Å². The molecule has 0 fully saturated rings. The van der Waals surface area contributed by atoms with Crippen molar-refractivity contribution >= 4 is 0 Å². The smallest absolute Gasteiger partial charge is 0.0701 e. The van der Waals surface area contributed by atoms with Crippen LogP contribution in [-0.2, 0) is 23.7 Å². The lowest BCUT2D eigenvalue weighted by atomic mass is 10.5. The van der Waals surface area contributed by atoms with Crippen molar-refractivity contribution in [1.29, 1.82) is 0 Å². The molecular formula is C15H34N2O5. The van der Waals surface area contributed by atoms with Gasteiger partial charge in [0.15, 0.2) is 0 Å². The van der Waals surface area contributed by atoms with E-state index in [-0.39, 0.29) is 0 Å². The normalized spacial score (nSPS) is 11.2. The molecule has 0 aromatic heterocycles. The third-order valence-electron chi connectivity index (χ3n) is 2.60. The summed E-state index contributed by atoms with van der Waals surface area (Å²) < 4.78 is 26.7. The van der Waals surface area contributed by atoms with E-state index in [1.807, 2.05) is 0 Å². The Hall–Kier alpha value is -0.280. The second kappa shape index (κ2) is 20.7. The standard InChI is InChI=1S/C15H34N2O5/c1-2-4-17-5-7-19-9-11-21-13-15-22-14-12-20-10-8-18-6-3-16/h17H,2-16H2,1H3. The zero-order chi connectivity index (χ0) is 16.1. The summed E-state index contributed by atoms with van der Waals surface area (Å²) in [4.78, 5) is 0. The molecule has 0 unspecified atom stereocenters. The monoisotopic (exact) mass is 322 g/mol. The van der Waals surface area contributed by atoms with Gasteiger partial charge in [-0.1, -0.05) is 6.92 Å². The Balaban J connectivity index is 2.91. The Morgan fingerprint density at radius 1 is 0.591 bits per heavy atom. The van der Waals surface area contributed by atoms with Gasteiger partial charge in [-0.15, -0.1) is 0 Å². The molecular weight excluding hydrogens is 288 g/mol. The van der Waals surface area contributed by atoms with Crippen molar-refractivity contribution < 1.29 is 23.7 Å². The zero-order valence-corrected chi connectivity index (χ0v) is 14.0. The van der Waals surface area contributed by atoms with Crippen molar-refractivity contribution in [2.45, 2.75) is 13.3 Å². The lowest BCUT2D eigenvalue weighted by Crippen LogP contribution is -2.21. The summed E-state index contributed by atoms with van der Waals surface area (Å²) in [6, 6.07) is 0. The lowest BCUT2D eigenvalue weighted by Gasteiger charge is -2.08. The van der Waals surface area contributed by atoms with Crippen molar-refractivity contribution in [1.82, 2.24) is 5.32 Å². The van der Waals surface area contributed by atoms with Gasteiger partial charge in [0.1, 0.15) is 0 Å². The SMILES string of the molecule is CCCNCCOCCOCCOCCOCCOCCN. The minimum absolute atomic E-state index is 0.546. The summed E-state index contributed by atoms with van der Waals surface area (Å²) in [6.45, 7) is 10.6. The molecule has 0 aliphatic rings. The predicted molar refractivity (Wildman–Crippen MR) is 86.3 cm³/mol. The van der Waals surface area contributed by atoms with Gasteiger partial charge in [-0.3, -0.25) is 0 Å². The Kier molecular flexibility index (Phi) is 20.5. The van der Waals surface area contributed by atoms with E-state index in [0.29, 0.717) is 66.0 Å². The summed E-state index contributed by atoms with van der Waals surface area (Å²) in [5.41, 5.74) is 5.29. The van der Waals surface area contributed by atoms with E-state index in [4.69, 9.17) is 29.4 Å². The first-order valence-corrected chi connectivity index (χ1v) is 8.21. The van der Waals surface area contributed by atoms with Crippen molar-refractivity contribution in [3.63, 3.8) is 0 Å². The number of hydrogen-bond acceptors (Lipinski definition) is 7. The van der Waals surface area contributed by atoms with E-state index in [1.54, 1.807) is 0 Å². The van der Waals surface area contributed by atoms with Crippen LogP contribution in [0.4, 0.5) is 0 Å². The van der Waals surface area contributed by atoms with Crippen LogP contribution in [0.3, 0.4) is 0 Å². The number of nitrogens with two attached hydrogens (primary N) is 1. The first kappa shape index (κ1) is 21.7. The molecule has 0 aliphatic carbocycles. The van der Waals surface area contributed by atoms with E-state index < -0.39 is 0 Å². The van der Waals surface area contributed by atoms with Crippen LogP contribution in [0.5, 0.6) is 0 Å². The van der Waals surface area contributed by atoms with Gasteiger partial charge in [0.25, 0.3) is 0 Å². The molecule has 7 heteroatoms. The number of nitrogens with one attached hydrogen (secondary N) is 1. The third-order valence-corrected chi connectivity index (χ3v) is 2.60. The second-order valence-corrected chi connectivity index (χ2v) is 4.60. The fourth-order valence-corrected chi connectivity index (χ4v) is 1.51. The van der Waals surface area contributed by atoms with Crippen LogP contribution in [0.15, 0.2) is 0 Å². The van der Waals surface area contributed by atoms with Crippen LogP contribution >= 0.6 is 0 Å². The van der Waals surface area contributed by atoms with Crippen molar-refractivity contribution in [3.05, 3.63) is 0 Å². The van der Waals surface area contributed by atoms with Crippen molar-refractivity contribution in [2.75, 3.05) is 85.7 Å². The quantitative estimate of drug-likeness (QED) is 0.325. The molecule has 3 N–H and O–H groups in total. The Labute approximate surface area is 134 Å². The molecule has 0 rings (SSSR count). The number of rotatable bonds is 19. The maximum Gasteiger partial charge on any atom is 0.0701 e. The first-order chi connectivity index (χ1) is 10.9. The van der Waals surface area contributed by atoms with Gasteiger partial charge in [-0.25, -0.2) is 0 Å². The van der Waals surface area contributed by atoms with E-state index in [0.717, 1.165) is 26.1 Å². The maximum absolute atomic E-state index is 5.41. The van der Waals surface area contributed by atoms with Gasteiger partial charge in [0.2, 0.25) is 0 Å². The molecule has 0 saturated carbocycles. The van der Waals surface area contributed by atoms with Crippen LogP contribution in [0, 0.1) is 0 Å². The third kappa shape index (κ3) is 19.7. The molecule has 0 aromatic carbocycles. The van der Waals surface area contributed by atoms with Crippen LogP contribution in [0.1, 0.15) is 13.3 Å². The van der Waals surface area contributed by atoms with Gasteiger partial charge in [-0.05, 0) is 13.0 Å². The fourth-order valence-electron chi connectivity index (χ4n) is 1.51. The minimum Gasteiger partial charge on any atom is -0.378 e. The second-order valence-electron chi connectivity index (χ2n) is 4.60. The maximum atomic E-state index is 5.41. The minimum atomic E-state index is 0.546. The van der Waals surface area contributed by atoms with Gasteiger partial charge in [-0.2, -0.15) is 0 Å². The zero-order valence-electron chi connectivity index (χ0n) is 14.0. The van der Waals surface area contributed by atoms with Crippen LogP contribution in [0.25, 0.3) is 0 Å². The average molecular weight is 322 g/mol. The summed E-state index contributed by atoms with van der Waals surface area (Å²) in [5, 5.41) is 3.27. The average Bonchev–Trinajstić information content (AvgIpc) is 2.54. The highest BCUT2D eigenvalue weighted by Gasteiger charge is 1.93. The summed E-state index contributed by atoms with van der Waals surface area (Å²) in [7, 11) is 0. The lowest BCUT2D eigenvalue weighted by molar-refractivity contribution is -0.0103. The van der Waals surface area contributed by atoms with E-state index in [9.17, 15) is 0 Å². The van der Waals surface area contributed by atoms with Crippen molar-refractivity contribution in [2.24, 2.45) is 5.73 Å². The van der Waals surface area contributed by atoms with Gasteiger partial charge < -0.3 is 34.7 Å². The highest BCUT2D eigenvalue weighted by molar-refractivity contribution is 4.43. The predicted octanol–water partition coefficient (Wildman–Crippen LogP) is 0.0277. The molecule has 0 spiro atoms. The highest BCUT2D eigenvalue weighted by Crippen LogP contribution is 1.83. The molecule has 0 bridgehead atoms. The molecule has 7 nitrogen and oxygen atoms in total. The molecule has 22 heavy (non-hydrogen) atoms. The molecule has 0 radical (unpaired) electrons. The molecule has 0 aliphatic heterocycles. The van der Waals surface area contributed by atoms with Crippen molar-refractivity contribution in [3.8, 4) is 0 Å². The summed E-state index contributed by atoms with van der Waals surface area (Å²) in [6.07, 6.45) is 1.15. The van der Waals surface area contributed by atoms with E-state index >= 15 is 0 Å². The molecule has 0 amide bonds. The molecule has 0 aromatic rings. The fraction of sp³-hybridized carbons (Fsp3) is 1.00. The highest BCUT2D eigenvalue weighted by atomic mass is 16.6. The molecule has 0 heterocycles. The van der Waals surface area contributed by atoms with Crippen LogP contribution < -0.4 is 11.1 Å². The number of ether oxygens (including phenoxy) is 5. The van der Waals surface area contributed by atoms with Gasteiger partial charge >= 0.3 is 0 Å². The van der Waals surface area contributed by atoms with E-state index in [2.05, 4.69) is 12.2 Å². The van der Waals surface area contributed by atoms with Gasteiger partial charge in [0.05, 0.1) is 66.1 Å². The summed E-state index contributed by atoms with van der Waals surface area (Å²) in [5.74, 6) is 0. The Bertz CT molecular complexity index is 179. The molecule has 0 saturated heterocycles. The number of hydrogen-bond donors (Lipinski definition) is 2. The van der Waals surface area contributed by atoms with Gasteiger partial charge in [0, 0.05) is 13.1 Å². The molecule has 134 valence electrons. The Morgan fingerprint density at radius 3 is 1.41 bits per heavy atom. The topological polar surface area (TPSA) is 84.2 Å². The molecule has 0 atom stereocenters. The van der Waals surface area contributed by atoms with Crippen LogP contribution in [0.2, 0.25) is 0 Å². The van der Waals surface area contributed by atoms with E-state index in [1.165, 1.54) is 0 Å².